The number of halogens is 3. The predicted octanol–water partition coefficient (Wildman–Crippen LogP) is 1.39. The van der Waals surface area contributed by atoms with Crippen molar-refractivity contribution < 1.29 is 18.0 Å². The van der Waals surface area contributed by atoms with Crippen molar-refractivity contribution in [1.82, 2.24) is 4.98 Å². The van der Waals surface area contributed by atoms with Crippen LogP contribution in [0.25, 0.3) is 0 Å². The summed E-state index contributed by atoms with van der Waals surface area (Å²) in [5.74, 6) is -2.67. The third-order valence-electron chi connectivity index (χ3n) is 2.92. The lowest BCUT2D eigenvalue weighted by Gasteiger charge is -2.14. The lowest BCUT2D eigenvalue weighted by Crippen LogP contribution is -2.34. The Bertz CT molecular complexity index is 418. The Morgan fingerprint density at radius 3 is 2.56 bits per heavy atom. The largest absolute Gasteiger partial charge is 0.393 e. The van der Waals surface area contributed by atoms with Crippen LogP contribution in [0, 0.1) is 5.92 Å². The van der Waals surface area contributed by atoms with E-state index in [1.807, 2.05) is 0 Å². The summed E-state index contributed by atoms with van der Waals surface area (Å²) >= 11 is 0. The van der Waals surface area contributed by atoms with Gasteiger partial charge in [0.2, 0.25) is 5.91 Å². The van der Waals surface area contributed by atoms with Crippen LogP contribution in [0.3, 0.4) is 0 Å². The summed E-state index contributed by atoms with van der Waals surface area (Å²) in [4.78, 5) is 15.0. The number of aromatic nitrogens is 1. The normalized spacial score (nSPS) is 28.8. The molecule has 1 heterocycles. The van der Waals surface area contributed by atoms with Gasteiger partial charge in [-0.3, -0.25) is 9.78 Å². The fraction of sp³-hybridized carbons (Fsp3) is 0.400. The standard InChI is InChI=1S/C10H9F3N2O/c11-10(12,13)6-5-9(6,8(14)16)7-3-1-2-4-15-7/h1-4,6H,5H2,(H2,14,16). The first-order valence-corrected chi connectivity index (χ1v) is 4.67. The number of amides is 1. The number of pyridine rings is 1. The van der Waals surface area contributed by atoms with Gasteiger partial charge in [-0.1, -0.05) is 6.07 Å². The molecule has 3 nitrogen and oxygen atoms in total. The highest BCUT2D eigenvalue weighted by atomic mass is 19.4. The lowest BCUT2D eigenvalue weighted by atomic mass is 9.97. The van der Waals surface area contributed by atoms with Crippen LogP contribution >= 0.6 is 0 Å². The van der Waals surface area contributed by atoms with Crippen LogP contribution in [-0.2, 0) is 10.2 Å². The Morgan fingerprint density at radius 2 is 2.19 bits per heavy atom. The summed E-state index contributed by atoms with van der Waals surface area (Å²) in [6.45, 7) is 0. The Morgan fingerprint density at radius 1 is 1.50 bits per heavy atom. The van der Waals surface area contributed by atoms with Crippen molar-refractivity contribution in [2.24, 2.45) is 11.7 Å². The van der Waals surface area contributed by atoms with E-state index in [4.69, 9.17) is 5.73 Å². The maximum absolute atomic E-state index is 12.5. The van der Waals surface area contributed by atoms with Crippen LogP contribution in [0.4, 0.5) is 13.2 Å². The number of carbonyl (C=O) groups is 1. The van der Waals surface area contributed by atoms with Crippen LogP contribution in [0.1, 0.15) is 12.1 Å². The highest BCUT2D eigenvalue weighted by molar-refractivity contribution is 5.90. The Hall–Kier alpha value is -1.59. The van der Waals surface area contributed by atoms with Gasteiger partial charge >= 0.3 is 6.18 Å². The first-order chi connectivity index (χ1) is 7.39. The second kappa shape index (κ2) is 3.20. The number of carbonyl (C=O) groups excluding carboxylic acids is 1. The molecule has 86 valence electrons. The summed E-state index contributed by atoms with van der Waals surface area (Å²) in [6, 6.07) is 4.51. The Balaban J connectivity index is 2.39. The summed E-state index contributed by atoms with van der Waals surface area (Å²) in [5, 5.41) is 0. The van der Waals surface area contributed by atoms with Crippen molar-refractivity contribution in [2.75, 3.05) is 0 Å². The van der Waals surface area contributed by atoms with Crippen molar-refractivity contribution >= 4 is 5.91 Å². The second-order valence-corrected chi connectivity index (χ2v) is 3.85. The fourth-order valence-electron chi connectivity index (χ4n) is 1.97. The minimum atomic E-state index is -4.41. The maximum atomic E-state index is 12.5. The topological polar surface area (TPSA) is 56.0 Å². The minimum Gasteiger partial charge on any atom is -0.369 e. The van der Waals surface area contributed by atoms with Crippen LogP contribution in [-0.4, -0.2) is 17.1 Å². The van der Waals surface area contributed by atoms with Crippen molar-refractivity contribution in [2.45, 2.75) is 18.0 Å². The van der Waals surface area contributed by atoms with Gasteiger partial charge in [-0.25, -0.2) is 0 Å². The van der Waals surface area contributed by atoms with E-state index in [0.717, 1.165) is 0 Å². The molecule has 1 aromatic heterocycles. The number of nitrogens with two attached hydrogens (primary N) is 1. The van der Waals surface area contributed by atoms with Gasteiger partial charge in [0.05, 0.1) is 11.6 Å². The van der Waals surface area contributed by atoms with Gasteiger partial charge < -0.3 is 5.73 Å². The molecule has 2 N–H and O–H groups in total. The van der Waals surface area contributed by atoms with Crippen molar-refractivity contribution in [3.05, 3.63) is 30.1 Å². The molecule has 0 aliphatic heterocycles. The highest BCUT2D eigenvalue weighted by Crippen LogP contribution is 2.60. The van der Waals surface area contributed by atoms with Gasteiger partial charge in [-0.15, -0.1) is 0 Å². The van der Waals surface area contributed by atoms with Crippen LogP contribution in [0.2, 0.25) is 0 Å². The van der Waals surface area contributed by atoms with E-state index in [1.54, 1.807) is 12.1 Å². The third-order valence-corrected chi connectivity index (χ3v) is 2.92. The number of nitrogens with zero attached hydrogens (tertiary/aromatic N) is 1. The summed E-state index contributed by atoms with van der Waals surface area (Å²) < 4.78 is 37.6. The molecule has 0 spiro atoms. The fourth-order valence-corrected chi connectivity index (χ4v) is 1.97. The van der Waals surface area contributed by atoms with Crippen LogP contribution in [0.5, 0.6) is 0 Å². The van der Waals surface area contributed by atoms with Gasteiger partial charge in [0.15, 0.2) is 0 Å². The first kappa shape index (κ1) is 10.9. The second-order valence-electron chi connectivity index (χ2n) is 3.85. The quantitative estimate of drug-likeness (QED) is 0.834. The molecule has 2 unspecified atom stereocenters. The van der Waals surface area contributed by atoms with E-state index in [-0.39, 0.29) is 12.1 Å². The summed E-state index contributed by atoms with van der Waals surface area (Å²) in [7, 11) is 0. The van der Waals surface area contributed by atoms with Gasteiger partial charge in [-0.2, -0.15) is 13.2 Å². The third kappa shape index (κ3) is 1.45. The molecule has 1 aliphatic rings. The molecular formula is C10H9F3N2O. The molecule has 1 saturated carbocycles. The zero-order valence-electron chi connectivity index (χ0n) is 8.16. The number of alkyl halides is 3. The number of rotatable bonds is 2. The molecule has 0 aromatic carbocycles. The van der Waals surface area contributed by atoms with Crippen molar-refractivity contribution in [1.29, 1.82) is 0 Å². The average molecular weight is 230 g/mol. The highest BCUT2D eigenvalue weighted by Gasteiger charge is 2.71. The molecule has 0 saturated heterocycles. The smallest absolute Gasteiger partial charge is 0.369 e. The molecule has 2 rings (SSSR count). The van der Waals surface area contributed by atoms with Gasteiger partial charge in [-0.05, 0) is 18.6 Å². The van der Waals surface area contributed by atoms with Gasteiger partial charge in [0.25, 0.3) is 0 Å². The first-order valence-electron chi connectivity index (χ1n) is 4.67. The predicted molar refractivity (Wildman–Crippen MR) is 49.3 cm³/mol. The molecule has 2 atom stereocenters. The lowest BCUT2D eigenvalue weighted by molar-refractivity contribution is -0.156. The van der Waals surface area contributed by atoms with E-state index >= 15 is 0 Å². The molecule has 1 amide bonds. The molecule has 16 heavy (non-hydrogen) atoms. The number of hydrogen-bond acceptors (Lipinski definition) is 2. The molecule has 1 aromatic rings. The van der Waals surface area contributed by atoms with E-state index in [1.165, 1.54) is 12.3 Å². The maximum Gasteiger partial charge on any atom is 0.393 e. The molecular weight excluding hydrogens is 221 g/mol. The average Bonchev–Trinajstić information content (AvgIpc) is 2.94. The van der Waals surface area contributed by atoms with Gasteiger partial charge in [0, 0.05) is 6.20 Å². The molecule has 1 fully saturated rings. The number of primary amides is 1. The summed E-state index contributed by atoms with van der Waals surface area (Å²) in [5.41, 5.74) is 3.52. The van der Waals surface area contributed by atoms with Crippen LogP contribution in [0.15, 0.2) is 24.4 Å². The van der Waals surface area contributed by atoms with E-state index in [2.05, 4.69) is 4.98 Å². The van der Waals surface area contributed by atoms with Crippen molar-refractivity contribution in [3.8, 4) is 0 Å². The monoisotopic (exact) mass is 230 g/mol. The zero-order chi connectivity index (χ0) is 12.0. The summed E-state index contributed by atoms with van der Waals surface area (Å²) in [6.07, 6.45) is -3.36. The van der Waals surface area contributed by atoms with E-state index < -0.39 is 23.4 Å². The Labute approximate surface area is 89.5 Å². The zero-order valence-corrected chi connectivity index (χ0v) is 8.16. The van der Waals surface area contributed by atoms with E-state index in [9.17, 15) is 18.0 Å². The minimum absolute atomic E-state index is 0.102. The number of hydrogen-bond donors (Lipinski definition) is 1. The molecule has 0 bridgehead atoms. The van der Waals surface area contributed by atoms with E-state index in [0.29, 0.717) is 0 Å². The van der Waals surface area contributed by atoms with Gasteiger partial charge in [0.1, 0.15) is 5.41 Å². The molecule has 6 heteroatoms. The SMILES string of the molecule is NC(=O)C1(c2ccccn2)CC1C(F)(F)F. The Kier molecular flexibility index (Phi) is 2.18. The van der Waals surface area contributed by atoms with Crippen LogP contribution < -0.4 is 5.73 Å². The molecule has 1 aliphatic carbocycles. The molecule has 0 radical (unpaired) electrons. The van der Waals surface area contributed by atoms with Crippen molar-refractivity contribution in [3.63, 3.8) is 0 Å².